The second-order valence-electron chi connectivity index (χ2n) is 6.88. The van der Waals surface area contributed by atoms with E-state index in [0.717, 1.165) is 29.8 Å². The number of para-hydroxylation sites is 1. The number of carbonyl (C=O) groups is 1. The van der Waals surface area contributed by atoms with Crippen molar-refractivity contribution in [1.29, 1.82) is 0 Å². The number of non-ortho nitro benzene ring substituents is 1. The number of rotatable bonds is 3. The fourth-order valence-corrected chi connectivity index (χ4v) is 3.88. The summed E-state index contributed by atoms with van der Waals surface area (Å²) in [6.45, 7) is 0. The molecule has 1 fully saturated rings. The third-order valence-electron chi connectivity index (χ3n) is 5.21. The Kier molecular flexibility index (Phi) is 4.58. The third-order valence-corrected chi connectivity index (χ3v) is 5.21. The average Bonchev–Trinajstić information content (AvgIpc) is 2.85. The Balaban J connectivity index is 1.76. The van der Waals surface area contributed by atoms with Crippen molar-refractivity contribution in [2.24, 2.45) is 11.0 Å². The van der Waals surface area contributed by atoms with E-state index in [1.807, 2.05) is 24.3 Å². The summed E-state index contributed by atoms with van der Waals surface area (Å²) >= 11 is 0. The van der Waals surface area contributed by atoms with Crippen LogP contribution in [0.4, 0.5) is 21.9 Å². The largest absolute Gasteiger partial charge is 0.346 e. The number of urea groups is 1. The number of fused-ring (bicyclic) bond motifs is 1. The van der Waals surface area contributed by atoms with Gasteiger partial charge in [-0.2, -0.15) is 5.10 Å². The molecule has 1 aliphatic carbocycles. The molecule has 0 aromatic heterocycles. The number of hydrogen-bond acceptors (Lipinski definition) is 4. The fraction of sp³-hybridized carbons (Fsp3) is 0.300. The molecule has 1 saturated carbocycles. The van der Waals surface area contributed by atoms with Crippen molar-refractivity contribution in [2.75, 3.05) is 4.90 Å². The zero-order chi connectivity index (χ0) is 18.8. The third kappa shape index (κ3) is 3.28. The van der Waals surface area contributed by atoms with Crippen molar-refractivity contribution in [3.63, 3.8) is 0 Å². The summed E-state index contributed by atoms with van der Waals surface area (Å²) in [5.41, 5.74) is 5.81. The molecule has 138 valence electrons. The van der Waals surface area contributed by atoms with Crippen LogP contribution in [0.3, 0.4) is 0 Å². The van der Waals surface area contributed by atoms with Gasteiger partial charge < -0.3 is 0 Å². The summed E-state index contributed by atoms with van der Waals surface area (Å²) in [6, 6.07) is 13.3. The van der Waals surface area contributed by atoms with Gasteiger partial charge in [-0.05, 0) is 31.0 Å². The smallest absolute Gasteiger partial charge is 0.261 e. The van der Waals surface area contributed by atoms with Crippen molar-refractivity contribution >= 4 is 28.8 Å². The van der Waals surface area contributed by atoms with E-state index in [9.17, 15) is 14.9 Å². The quantitative estimate of drug-likeness (QED) is 0.630. The molecule has 7 nitrogen and oxygen atoms in total. The first kappa shape index (κ1) is 17.2. The number of carbonyl (C=O) groups excluding carboxylic acids is 1. The molecular formula is C20H20N4O3. The lowest BCUT2D eigenvalue weighted by Crippen LogP contribution is -2.33. The van der Waals surface area contributed by atoms with Crippen LogP contribution in [0.15, 0.2) is 53.6 Å². The Labute approximate surface area is 156 Å². The first-order valence-electron chi connectivity index (χ1n) is 9.16. The van der Waals surface area contributed by atoms with Crippen LogP contribution in [0.25, 0.3) is 0 Å². The molecular weight excluding hydrogens is 344 g/mol. The number of amides is 2. The van der Waals surface area contributed by atoms with E-state index in [2.05, 4.69) is 10.5 Å². The van der Waals surface area contributed by atoms with Crippen molar-refractivity contribution in [3.8, 4) is 0 Å². The molecule has 0 spiro atoms. The van der Waals surface area contributed by atoms with Gasteiger partial charge in [0.2, 0.25) is 0 Å². The van der Waals surface area contributed by atoms with Crippen LogP contribution in [0.1, 0.15) is 37.7 Å². The Morgan fingerprint density at radius 3 is 2.44 bits per heavy atom. The van der Waals surface area contributed by atoms with Gasteiger partial charge in [-0.1, -0.05) is 37.5 Å². The standard InChI is InChI=1S/C20H20N4O3/c25-20-22-21-19(14-6-2-1-3-7-14)17-8-4-5-9-18(17)23(20)15-10-12-16(13-11-15)24(26)27/h4-5,8-14H,1-3,6-7H2,(H,22,25). The van der Waals surface area contributed by atoms with Crippen molar-refractivity contribution in [3.05, 3.63) is 64.2 Å². The molecule has 2 aromatic carbocycles. The summed E-state index contributed by atoms with van der Waals surface area (Å²) in [6.07, 6.45) is 5.73. The molecule has 0 atom stereocenters. The molecule has 1 heterocycles. The molecule has 2 aliphatic rings. The van der Waals surface area contributed by atoms with Gasteiger partial charge in [0.05, 0.1) is 22.0 Å². The topological polar surface area (TPSA) is 87.8 Å². The molecule has 0 bridgehead atoms. The van der Waals surface area contributed by atoms with Crippen LogP contribution < -0.4 is 10.3 Å². The van der Waals surface area contributed by atoms with E-state index < -0.39 is 4.92 Å². The second kappa shape index (κ2) is 7.19. The predicted molar refractivity (Wildman–Crippen MR) is 103 cm³/mol. The molecule has 1 N–H and O–H groups in total. The van der Waals surface area contributed by atoms with E-state index >= 15 is 0 Å². The normalized spacial score (nSPS) is 17.6. The highest BCUT2D eigenvalue weighted by atomic mass is 16.6. The van der Waals surface area contributed by atoms with E-state index in [1.54, 1.807) is 12.1 Å². The van der Waals surface area contributed by atoms with Crippen LogP contribution in [-0.2, 0) is 0 Å². The molecule has 0 radical (unpaired) electrons. The van der Waals surface area contributed by atoms with Crippen LogP contribution in [0.5, 0.6) is 0 Å². The minimum Gasteiger partial charge on any atom is -0.261 e. The maximum absolute atomic E-state index is 12.8. The van der Waals surface area contributed by atoms with Crippen LogP contribution in [-0.4, -0.2) is 16.7 Å². The number of benzene rings is 2. The van der Waals surface area contributed by atoms with E-state index in [-0.39, 0.29) is 11.7 Å². The van der Waals surface area contributed by atoms with E-state index in [1.165, 1.54) is 36.3 Å². The Bertz CT molecular complexity index is 902. The lowest BCUT2D eigenvalue weighted by molar-refractivity contribution is -0.384. The average molecular weight is 364 g/mol. The highest BCUT2D eigenvalue weighted by Gasteiger charge is 2.30. The molecule has 27 heavy (non-hydrogen) atoms. The van der Waals surface area contributed by atoms with Crippen molar-refractivity contribution in [2.45, 2.75) is 32.1 Å². The Morgan fingerprint density at radius 1 is 1.04 bits per heavy atom. The van der Waals surface area contributed by atoms with Gasteiger partial charge in [0.25, 0.3) is 5.69 Å². The summed E-state index contributed by atoms with van der Waals surface area (Å²) in [5.74, 6) is 0.331. The minimum atomic E-state index is -0.454. The minimum absolute atomic E-state index is 0.0126. The number of nitrogens with one attached hydrogen (secondary N) is 1. The number of anilines is 2. The summed E-state index contributed by atoms with van der Waals surface area (Å²) in [4.78, 5) is 24.8. The monoisotopic (exact) mass is 364 g/mol. The maximum atomic E-state index is 12.8. The van der Waals surface area contributed by atoms with Gasteiger partial charge in [-0.3, -0.25) is 15.0 Å². The molecule has 2 amide bonds. The number of hydrogen-bond donors (Lipinski definition) is 1. The molecule has 2 aromatic rings. The summed E-state index contributed by atoms with van der Waals surface area (Å²) in [7, 11) is 0. The number of nitro groups is 1. The van der Waals surface area contributed by atoms with E-state index in [4.69, 9.17) is 0 Å². The first-order chi connectivity index (χ1) is 13.1. The van der Waals surface area contributed by atoms with Gasteiger partial charge in [0.1, 0.15) is 0 Å². The van der Waals surface area contributed by atoms with Crippen LogP contribution in [0.2, 0.25) is 0 Å². The van der Waals surface area contributed by atoms with Crippen LogP contribution >= 0.6 is 0 Å². The molecule has 0 unspecified atom stereocenters. The SMILES string of the molecule is O=C1NN=C(C2CCCCC2)c2ccccc2N1c1ccc([N+](=O)[O-])cc1. The zero-order valence-electron chi connectivity index (χ0n) is 14.8. The highest BCUT2D eigenvalue weighted by molar-refractivity contribution is 6.13. The summed E-state index contributed by atoms with van der Waals surface area (Å²) < 4.78 is 0. The van der Waals surface area contributed by atoms with Crippen molar-refractivity contribution in [1.82, 2.24) is 5.43 Å². The second-order valence-corrected chi connectivity index (χ2v) is 6.88. The number of nitro benzene ring substituents is 1. The van der Waals surface area contributed by atoms with E-state index in [0.29, 0.717) is 11.6 Å². The molecule has 0 saturated heterocycles. The molecule has 7 heteroatoms. The highest BCUT2D eigenvalue weighted by Crippen LogP contribution is 2.36. The van der Waals surface area contributed by atoms with Crippen LogP contribution in [0, 0.1) is 16.0 Å². The lowest BCUT2D eigenvalue weighted by atomic mass is 9.83. The first-order valence-corrected chi connectivity index (χ1v) is 9.16. The van der Waals surface area contributed by atoms with Crippen molar-refractivity contribution < 1.29 is 9.72 Å². The molecule has 1 aliphatic heterocycles. The lowest BCUT2D eigenvalue weighted by Gasteiger charge is -2.25. The van der Waals surface area contributed by atoms with Gasteiger partial charge >= 0.3 is 6.03 Å². The Morgan fingerprint density at radius 2 is 1.74 bits per heavy atom. The van der Waals surface area contributed by atoms with Gasteiger partial charge in [-0.15, -0.1) is 0 Å². The fourth-order valence-electron chi connectivity index (χ4n) is 3.88. The molecule has 4 rings (SSSR count). The maximum Gasteiger partial charge on any atom is 0.346 e. The predicted octanol–water partition coefficient (Wildman–Crippen LogP) is 4.74. The number of nitrogens with zero attached hydrogens (tertiary/aromatic N) is 3. The van der Waals surface area contributed by atoms with Gasteiger partial charge in [0, 0.05) is 23.6 Å². The van der Waals surface area contributed by atoms with Gasteiger partial charge in [-0.25, -0.2) is 10.2 Å². The summed E-state index contributed by atoms with van der Waals surface area (Å²) in [5, 5.41) is 15.4. The number of hydrazone groups is 1. The zero-order valence-corrected chi connectivity index (χ0v) is 14.8. The van der Waals surface area contributed by atoms with Gasteiger partial charge in [0.15, 0.2) is 0 Å². The Hall–Kier alpha value is -3.22.